The molecule has 1 spiro atoms. The van der Waals surface area contributed by atoms with Crippen LogP contribution in [0.2, 0.25) is 0 Å². The van der Waals surface area contributed by atoms with Gasteiger partial charge in [-0.1, -0.05) is 170 Å². The first-order chi connectivity index (χ1) is 26.8. The molecule has 0 amide bonds. The highest BCUT2D eigenvalue weighted by molar-refractivity contribution is 6.16. The summed E-state index contributed by atoms with van der Waals surface area (Å²) in [5.74, 6) is 3.41. The predicted molar refractivity (Wildman–Crippen MR) is 219 cm³/mol. The summed E-state index contributed by atoms with van der Waals surface area (Å²) in [4.78, 5) is 10.4. The quantitative estimate of drug-likeness (QED) is 0.200. The third kappa shape index (κ3) is 4.56. The van der Waals surface area contributed by atoms with Gasteiger partial charge in [0.25, 0.3) is 0 Å². The van der Waals surface area contributed by atoms with Gasteiger partial charge in [0, 0.05) is 22.3 Å². The fourth-order valence-electron chi connectivity index (χ4n) is 8.80. The maximum atomic E-state index is 6.54. The molecule has 2 aliphatic heterocycles. The summed E-state index contributed by atoms with van der Waals surface area (Å²) in [6.45, 7) is 0. The molecule has 1 aliphatic carbocycles. The maximum absolute atomic E-state index is 6.54. The van der Waals surface area contributed by atoms with Gasteiger partial charge < -0.3 is 10.1 Å². The number of aliphatic imine (C=N–C) groups is 2. The first-order valence-corrected chi connectivity index (χ1v) is 18.4. The van der Waals surface area contributed by atoms with Crippen LogP contribution in [0.25, 0.3) is 33.0 Å². The minimum Gasteiger partial charge on any atom is -0.457 e. The molecule has 0 saturated heterocycles. The zero-order chi connectivity index (χ0) is 35.6. The van der Waals surface area contributed by atoms with Crippen molar-refractivity contribution in [2.75, 3.05) is 0 Å². The van der Waals surface area contributed by atoms with Crippen LogP contribution in [0.15, 0.2) is 198 Å². The molecule has 0 bridgehead atoms. The zero-order valence-electron chi connectivity index (χ0n) is 29.3. The zero-order valence-corrected chi connectivity index (χ0v) is 29.3. The second-order valence-corrected chi connectivity index (χ2v) is 14.1. The van der Waals surface area contributed by atoms with Crippen molar-refractivity contribution in [2.45, 2.75) is 11.6 Å². The summed E-state index contributed by atoms with van der Waals surface area (Å²) >= 11 is 0. The van der Waals surface area contributed by atoms with Crippen LogP contribution >= 0.6 is 0 Å². The topological polar surface area (TPSA) is 46.0 Å². The Morgan fingerprint density at radius 2 is 1.00 bits per heavy atom. The summed E-state index contributed by atoms with van der Waals surface area (Å²) in [5.41, 5.74) is 12.3. The molecular weight excluding hydrogens is 659 g/mol. The monoisotopic (exact) mass is 691 g/mol. The minimum atomic E-state index is -0.501. The molecule has 11 rings (SSSR count). The van der Waals surface area contributed by atoms with E-state index in [1.807, 2.05) is 18.2 Å². The molecule has 4 nitrogen and oxygen atoms in total. The average molecular weight is 692 g/mol. The number of benzene rings is 8. The molecule has 0 fully saturated rings. The molecule has 8 aromatic carbocycles. The standard InChI is InChI=1S/C50H33N3O/c1-2-14-34(15-3-1)47-51-48(53-49(52-47)37-30-25-32-13-4-5-16-36(32)31-37)35-28-26-33(27-29-35)38-18-12-22-43-46(38)39-17-6-7-19-40(39)50(43)41-20-8-10-23-44(41)54-45-24-11-9-21-42(45)50/h1-31,48H,(H,51,52,53). The third-order valence-corrected chi connectivity index (χ3v) is 11.2. The highest BCUT2D eigenvalue weighted by Crippen LogP contribution is 2.63. The van der Waals surface area contributed by atoms with Gasteiger partial charge in [-0.05, 0) is 67.9 Å². The fraction of sp³-hybridized carbons (Fsp3) is 0.0400. The van der Waals surface area contributed by atoms with Crippen molar-refractivity contribution < 1.29 is 4.74 Å². The number of rotatable bonds is 4. The van der Waals surface area contributed by atoms with E-state index in [2.05, 4.69) is 175 Å². The van der Waals surface area contributed by atoms with E-state index in [1.54, 1.807) is 0 Å². The van der Waals surface area contributed by atoms with Crippen LogP contribution in [-0.2, 0) is 5.41 Å². The number of ether oxygens (including phenoxy) is 1. The van der Waals surface area contributed by atoms with Crippen molar-refractivity contribution in [1.29, 1.82) is 0 Å². The summed E-state index contributed by atoms with van der Waals surface area (Å²) in [5, 5.41) is 5.94. The Morgan fingerprint density at radius 3 is 1.76 bits per heavy atom. The molecule has 1 unspecified atom stereocenters. The summed E-state index contributed by atoms with van der Waals surface area (Å²) < 4.78 is 6.54. The van der Waals surface area contributed by atoms with Crippen LogP contribution in [0, 0.1) is 0 Å². The molecule has 54 heavy (non-hydrogen) atoms. The van der Waals surface area contributed by atoms with E-state index in [0.29, 0.717) is 0 Å². The number of hydrogen-bond donors (Lipinski definition) is 1. The van der Waals surface area contributed by atoms with Crippen LogP contribution in [0.5, 0.6) is 11.5 Å². The normalized spacial score (nSPS) is 15.9. The highest BCUT2D eigenvalue weighted by Gasteiger charge is 2.51. The van der Waals surface area contributed by atoms with Gasteiger partial charge in [0.1, 0.15) is 23.2 Å². The Hall–Kier alpha value is -7.04. The molecular formula is C50H33N3O. The molecule has 1 atom stereocenters. The van der Waals surface area contributed by atoms with Crippen molar-refractivity contribution in [3.63, 3.8) is 0 Å². The molecule has 4 heteroatoms. The van der Waals surface area contributed by atoms with Gasteiger partial charge in [0.2, 0.25) is 0 Å². The molecule has 3 aliphatic rings. The lowest BCUT2D eigenvalue weighted by atomic mass is 9.66. The van der Waals surface area contributed by atoms with Crippen LogP contribution in [0.4, 0.5) is 0 Å². The van der Waals surface area contributed by atoms with Gasteiger partial charge >= 0.3 is 0 Å². The number of amidine groups is 2. The van der Waals surface area contributed by atoms with Crippen LogP contribution < -0.4 is 10.1 Å². The van der Waals surface area contributed by atoms with E-state index in [1.165, 1.54) is 49.7 Å². The smallest absolute Gasteiger partial charge is 0.169 e. The summed E-state index contributed by atoms with van der Waals surface area (Å²) in [6.07, 6.45) is -0.405. The SMILES string of the molecule is c1ccc(C2=NC(c3ccc(-c4cccc5c4-c4ccccc4C54c5ccccc5Oc5ccccc54)cc3)N=C(c3ccc4ccccc4c3)N2)cc1. The van der Waals surface area contributed by atoms with Gasteiger partial charge in [-0.3, -0.25) is 0 Å². The van der Waals surface area contributed by atoms with Crippen molar-refractivity contribution in [2.24, 2.45) is 9.98 Å². The Morgan fingerprint density at radius 1 is 0.426 bits per heavy atom. The number of nitrogens with zero attached hydrogens (tertiary/aromatic N) is 2. The van der Waals surface area contributed by atoms with E-state index >= 15 is 0 Å². The van der Waals surface area contributed by atoms with E-state index in [0.717, 1.165) is 45.4 Å². The van der Waals surface area contributed by atoms with Crippen LogP contribution in [0.3, 0.4) is 0 Å². The van der Waals surface area contributed by atoms with Crippen molar-refractivity contribution in [3.05, 3.63) is 227 Å². The lowest BCUT2D eigenvalue weighted by Crippen LogP contribution is -2.36. The summed E-state index contributed by atoms with van der Waals surface area (Å²) in [6, 6.07) is 66.7. The Labute approximate surface area is 313 Å². The van der Waals surface area contributed by atoms with E-state index in [4.69, 9.17) is 14.7 Å². The number of para-hydroxylation sites is 2. The molecule has 2 heterocycles. The number of nitrogens with one attached hydrogen (secondary N) is 1. The molecule has 0 aromatic heterocycles. The van der Waals surface area contributed by atoms with Gasteiger partial charge in [-0.2, -0.15) is 0 Å². The lowest BCUT2D eigenvalue weighted by Gasteiger charge is -2.39. The minimum absolute atomic E-state index is 0.405. The lowest BCUT2D eigenvalue weighted by molar-refractivity contribution is 0.436. The molecule has 0 saturated carbocycles. The molecule has 254 valence electrons. The van der Waals surface area contributed by atoms with E-state index < -0.39 is 11.6 Å². The van der Waals surface area contributed by atoms with Crippen LogP contribution in [0.1, 0.15) is 45.1 Å². The van der Waals surface area contributed by atoms with E-state index in [-0.39, 0.29) is 0 Å². The Balaban J connectivity index is 1.04. The molecule has 8 aromatic rings. The second-order valence-electron chi connectivity index (χ2n) is 14.1. The largest absolute Gasteiger partial charge is 0.457 e. The molecule has 0 radical (unpaired) electrons. The van der Waals surface area contributed by atoms with Crippen LogP contribution in [-0.4, -0.2) is 11.7 Å². The number of fused-ring (bicyclic) bond motifs is 10. The van der Waals surface area contributed by atoms with Crippen molar-refractivity contribution >= 4 is 22.4 Å². The predicted octanol–water partition coefficient (Wildman–Crippen LogP) is 11.5. The first-order valence-electron chi connectivity index (χ1n) is 18.4. The van der Waals surface area contributed by atoms with Gasteiger partial charge in [0.05, 0.1) is 5.41 Å². The first kappa shape index (κ1) is 30.6. The van der Waals surface area contributed by atoms with Gasteiger partial charge in [-0.15, -0.1) is 0 Å². The third-order valence-electron chi connectivity index (χ3n) is 11.2. The highest BCUT2D eigenvalue weighted by atomic mass is 16.5. The fourth-order valence-corrected chi connectivity index (χ4v) is 8.80. The second kappa shape index (κ2) is 12.0. The Bertz CT molecular complexity index is 2790. The van der Waals surface area contributed by atoms with E-state index in [9.17, 15) is 0 Å². The molecule has 1 N–H and O–H groups in total. The maximum Gasteiger partial charge on any atom is 0.169 e. The van der Waals surface area contributed by atoms with Gasteiger partial charge in [0.15, 0.2) is 6.17 Å². The average Bonchev–Trinajstić information content (AvgIpc) is 3.54. The Kier molecular flexibility index (Phi) is 6.80. The number of hydrogen-bond acceptors (Lipinski definition) is 4. The van der Waals surface area contributed by atoms with Crippen molar-refractivity contribution in [1.82, 2.24) is 5.32 Å². The van der Waals surface area contributed by atoms with Crippen molar-refractivity contribution in [3.8, 4) is 33.8 Å². The van der Waals surface area contributed by atoms with Gasteiger partial charge in [-0.25, -0.2) is 9.98 Å². The summed E-state index contributed by atoms with van der Waals surface area (Å²) in [7, 11) is 0.